The largest absolute Gasteiger partial charge is 0.345 e. The van der Waals surface area contributed by atoms with E-state index in [9.17, 15) is 9.59 Å². The predicted molar refractivity (Wildman–Crippen MR) is 130 cm³/mol. The first-order valence-electron chi connectivity index (χ1n) is 11.7. The second kappa shape index (κ2) is 10.3. The molecule has 8 heteroatoms. The Morgan fingerprint density at radius 3 is 2.60 bits per heavy atom. The third-order valence-electron chi connectivity index (χ3n) is 6.16. The Bertz CT molecular complexity index is 1310. The Balaban J connectivity index is 1.39. The number of benzene rings is 1. The summed E-state index contributed by atoms with van der Waals surface area (Å²) in [4.78, 5) is 36.4. The average molecular weight is 467 g/mol. The van der Waals surface area contributed by atoms with Crippen molar-refractivity contribution >= 4 is 11.8 Å². The Hall–Kier alpha value is -4.33. The van der Waals surface area contributed by atoms with Crippen LogP contribution in [-0.2, 0) is 32.5 Å². The van der Waals surface area contributed by atoms with Crippen molar-refractivity contribution in [3.05, 3.63) is 113 Å². The molecule has 4 aromatic rings. The zero-order valence-corrected chi connectivity index (χ0v) is 19.3. The van der Waals surface area contributed by atoms with E-state index in [0.717, 1.165) is 23.4 Å². The van der Waals surface area contributed by atoms with Crippen molar-refractivity contribution in [2.24, 2.45) is 0 Å². The van der Waals surface area contributed by atoms with Crippen LogP contribution in [0.1, 0.15) is 43.4 Å². The van der Waals surface area contributed by atoms with Gasteiger partial charge in [-0.3, -0.25) is 24.2 Å². The van der Waals surface area contributed by atoms with Gasteiger partial charge in [-0.1, -0.05) is 36.4 Å². The number of nitrogens with zero attached hydrogens (tertiary/aromatic N) is 5. The normalized spacial score (nSPS) is 12.7. The van der Waals surface area contributed by atoms with Gasteiger partial charge >= 0.3 is 0 Å². The molecule has 1 N–H and O–H groups in total. The van der Waals surface area contributed by atoms with E-state index < -0.39 is 0 Å². The molecule has 3 aromatic heterocycles. The summed E-state index contributed by atoms with van der Waals surface area (Å²) in [5.74, 6) is -0.360. The maximum absolute atomic E-state index is 13.2. The van der Waals surface area contributed by atoms with E-state index in [0.29, 0.717) is 43.9 Å². The molecule has 35 heavy (non-hydrogen) atoms. The zero-order chi connectivity index (χ0) is 24.0. The Morgan fingerprint density at radius 1 is 0.971 bits per heavy atom. The van der Waals surface area contributed by atoms with Gasteiger partial charge in [-0.05, 0) is 36.2 Å². The first-order chi connectivity index (χ1) is 17.2. The maximum Gasteiger partial charge on any atom is 0.272 e. The highest BCUT2D eigenvalue weighted by Crippen LogP contribution is 2.25. The van der Waals surface area contributed by atoms with Crippen LogP contribution in [0.4, 0.5) is 0 Å². The summed E-state index contributed by atoms with van der Waals surface area (Å²) in [5, 5.41) is 7.66. The molecule has 0 atom stereocenters. The van der Waals surface area contributed by atoms with E-state index in [4.69, 9.17) is 5.10 Å². The van der Waals surface area contributed by atoms with Gasteiger partial charge in [0, 0.05) is 49.4 Å². The van der Waals surface area contributed by atoms with E-state index in [1.807, 2.05) is 41.1 Å². The molecule has 5 rings (SSSR count). The van der Waals surface area contributed by atoms with Crippen LogP contribution in [0.25, 0.3) is 0 Å². The van der Waals surface area contributed by atoms with E-state index in [1.54, 1.807) is 35.6 Å². The fraction of sp³-hybridized carbons (Fsp3) is 0.222. The molecule has 0 spiro atoms. The van der Waals surface area contributed by atoms with Gasteiger partial charge < -0.3 is 10.2 Å². The lowest BCUT2D eigenvalue weighted by Gasteiger charge is -2.28. The smallest absolute Gasteiger partial charge is 0.272 e. The summed E-state index contributed by atoms with van der Waals surface area (Å²) in [6, 6.07) is 19.3. The predicted octanol–water partition coefficient (Wildman–Crippen LogP) is 3.04. The number of aromatic nitrogens is 4. The summed E-state index contributed by atoms with van der Waals surface area (Å²) in [6.45, 7) is 1.87. The van der Waals surface area contributed by atoms with Crippen LogP contribution in [0, 0.1) is 0 Å². The third kappa shape index (κ3) is 5.11. The number of pyridine rings is 2. The molecule has 0 saturated carbocycles. The van der Waals surface area contributed by atoms with Crippen molar-refractivity contribution in [2.45, 2.75) is 32.5 Å². The lowest BCUT2D eigenvalue weighted by atomic mass is 10.0. The van der Waals surface area contributed by atoms with Crippen LogP contribution in [0.2, 0.25) is 0 Å². The van der Waals surface area contributed by atoms with E-state index in [2.05, 4.69) is 27.4 Å². The van der Waals surface area contributed by atoms with Gasteiger partial charge in [0.15, 0.2) is 5.69 Å². The first kappa shape index (κ1) is 22.5. The highest BCUT2D eigenvalue weighted by Gasteiger charge is 2.30. The third-order valence-corrected chi connectivity index (χ3v) is 6.16. The van der Waals surface area contributed by atoms with Crippen molar-refractivity contribution in [1.82, 2.24) is 30.0 Å². The van der Waals surface area contributed by atoms with Crippen molar-refractivity contribution < 1.29 is 9.59 Å². The highest BCUT2D eigenvalue weighted by molar-refractivity contribution is 5.96. The number of amides is 2. The van der Waals surface area contributed by atoms with Gasteiger partial charge in [-0.2, -0.15) is 5.10 Å². The second-order valence-electron chi connectivity index (χ2n) is 8.45. The minimum atomic E-state index is -0.263. The standard InChI is InChI=1S/C27H26N6O2/c34-26(30-18-22-10-4-5-14-29-22)25-23-19-32(27(35)21-9-6-13-28-17-21)15-12-24(23)33(31-25)16-11-20-7-2-1-3-8-20/h1-10,13-14,17H,11-12,15-16,18-19H2,(H,30,34). The topological polar surface area (TPSA) is 93.0 Å². The molecule has 0 saturated heterocycles. The number of carbonyl (C=O) groups is 2. The van der Waals surface area contributed by atoms with Gasteiger partial charge in [-0.25, -0.2) is 0 Å². The Kier molecular flexibility index (Phi) is 6.61. The summed E-state index contributed by atoms with van der Waals surface area (Å²) < 4.78 is 1.93. The molecule has 0 bridgehead atoms. The van der Waals surface area contributed by atoms with Gasteiger partial charge in [0.25, 0.3) is 11.8 Å². The van der Waals surface area contributed by atoms with Crippen LogP contribution in [-0.4, -0.2) is 43.0 Å². The van der Waals surface area contributed by atoms with Crippen LogP contribution >= 0.6 is 0 Å². The summed E-state index contributed by atoms with van der Waals surface area (Å²) in [6.07, 6.45) is 6.36. The molecule has 2 amide bonds. The SMILES string of the molecule is O=C(NCc1ccccn1)c1nn(CCc2ccccc2)c2c1CN(C(=O)c1cccnc1)CC2. The number of aryl methyl sites for hydroxylation is 2. The van der Waals surface area contributed by atoms with Crippen molar-refractivity contribution in [1.29, 1.82) is 0 Å². The molecule has 0 fully saturated rings. The van der Waals surface area contributed by atoms with Gasteiger partial charge in [-0.15, -0.1) is 0 Å². The number of hydrogen-bond acceptors (Lipinski definition) is 5. The lowest BCUT2D eigenvalue weighted by Crippen LogP contribution is -2.37. The van der Waals surface area contributed by atoms with Crippen LogP contribution < -0.4 is 5.32 Å². The monoisotopic (exact) mass is 466 g/mol. The Morgan fingerprint density at radius 2 is 1.83 bits per heavy atom. The molecule has 0 aliphatic carbocycles. The molecule has 1 aliphatic heterocycles. The molecule has 8 nitrogen and oxygen atoms in total. The maximum atomic E-state index is 13.2. The molecular weight excluding hydrogens is 440 g/mol. The van der Waals surface area contributed by atoms with E-state index >= 15 is 0 Å². The van der Waals surface area contributed by atoms with Gasteiger partial charge in [0.1, 0.15) is 0 Å². The van der Waals surface area contributed by atoms with Crippen molar-refractivity contribution in [2.75, 3.05) is 6.54 Å². The van der Waals surface area contributed by atoms with E-state index in [-0.39, 0.29) is 11.8 Å². The van der Waals surface area contributed by atoms with Crippen molar-refractivity contribution in [3.63, 3.8) is 0 Å². The minimum Gasteiger partial charge on any atom is -0.345 e. The minimum absolute atomic E-state index is 0.0966. The van der Waals surface area contributed by atoms with Crippen LogP contribution in [0.15, 0.2) is 79.3 Å². The quantitative estimate of drug-likeness (QED) is 0.452. The molecule has 4 heterocycles. The fourth-order valence-corrected chi connectivity index (χ4v) is 4.34. The molecule has 1 aliphatic rings. The fourth-order valence-electron chi connectivity index (χ4n) is 4.34. The lowest BCUT2D eigenvalue weighted by molar-refractivity contribution is 0.0730. The van der Waals surface area contributed by atoms with Gasteiger partial charge in [0.2, 0.25) is 0 Å². The number of rotatable bonds is 7. The average Bonchev–Trinajstić information content (AvgIpc) is 3.30. The number of nitrogens with one attached hydrogen (secondary N) is 1. The van der Waals surface area contributed by atoms with Crippen molar-refractivity contribution in [3.8, 4) is 0 Å². The highest BCUT2D eigenvalue weighted by atomic mass is 16.2. The summed E-state index contributed by atoms with van der Waals surface area (Å²) >= 11 is 0. The molecule has 0 radical (unpaired) electrons. The van der Waals surface area contributed by atoms with Gasteiger partial charge in [0.05, 0.1) is 24.3 Å². The zero-order valence-electron chi connectivity index (χ0n) is 19.3. The molecule has 176 valence electrons. The number of fused-ring (bicyclic) bond motifs is 1. The molecular formula is C27H26N6O2. The van der Waals surface area contributed by atoms with Crippen LogP contribution in [0.3, 0.4) is 0 Å². The summed E-state index contributed by atoms with van der Waals surface area (Å²) in [5.41, 5.74) is 4.70. The number of hydrogen-bond donors (Lipinski definition) is 1. The summed E-state index contributed by atoms with van der Waals surface area (Å²) in [7, 11) is 0. The van der Waals surface area contributed by atoms with E-state index in [1.165, 1.54) is 5.56 Å². The molecule has 0 unspecified atom stereocenters. The first-order valence-corrected chi connectivity index (χ1v) is 11.7. The second-order valence-corrected chi connectivity index (χ2v) is 8.45. The Labute approximate surface area is 203 Å². The molecule has 1 aromatic carbocycles. The number of carbonyl (C=O) groups excluding carboxylic acids is 2. The van der Waals surface area contributed by atoms with Crippen LogP contribution in [0.5, 0.6) is 0 Å².